The molecule has 0 heterocycles. The summed E-state index contributed by atoms with van der Waals surface area (Å²) in [5.74, 6) is 0. The van der Waals surface area contributed by atoms with E-state index in [0.717, 1.165) is 5.33 Å². The molecule has 2 heteroatoms. The normalized spacial score (nSPS) is 16.2. The van der Waals surface area contributed by atoms with Crippen LogP contribution < -0.4 is 0 Å². The zero-order valence-corrected chi connectivity index (χ0v) is 8.29. The quantitative estimate of drug-likeness (QED) is 0.515. The van der Waals surface area contributed by atoms with Crippen LogP contribution in [-0.4, -0.2) is 10.2 Å². The van der Waals surface area contributed by atoms with Gasteiger partial charge in [0.15, 0.2) is 0 Å². The summed E-state index contributed by atoms with van der Waals surface area (Å²) in [6, 6.07) is 0. The molecule has 1 atom stereocenters. The van der Waals surface area contributed by atoms with E-state index in [0.29, 0.717) is 4.83 Å². The van der Waals surface area contributed by atoms with Gasteiger partial charge in [-0.15, -0.1) is 0 Å². The molecular formula is C6H10Br2. The summed E-state index contributed by atoms with van der Waals surface area (Å²) in [5, 5.41) is 0.989. The predicted molar refractivity (Wildman–Crippen MR) is 45.9 cm³/mol. The molecule has 0 aliphatic rings. The second kappa shape index (κ2) is 4.57. The molecule has 0 N–H and O–H groups in total. The Balaban J connectivity index is 3.63. The zero-order chi connectivity index (χ0) is 6.57. The molecule has 0 fully saturated rings. The molecule has 8 heavy (non-hydrogen) atoms. The first-order chi connectivity index (χ1) is 3.72. The first kappa shape index (κ1) is 8.70. The molecule has 0 radical (unpaired) electrons. The van der Waals surface area contributed by atoms with Crippen molar-refractivity contribution in [2.45, 2.75) is 18.7 Å². The van der Waals surface area contributed by atoms with E-state index >= 15 is 0 Å². The van der Waals surface area contributed by atoms with Gasteiger partial charge in [0.1, 0.15) is 0 Å². The van der Waals surface area contributed by atoms with Crippen LogP contribution in [0.5, 0.6) is 0 Å². The Bertz CT molecular complexity index is 86.5. The molecule has 0 spiro atoms. The Hall–Kier alpha value is 0.700. The maximum absolute atomic E-state index is 3.49. The predicted octanol–water partition coefficient (Wildman–Crippen LogP) is 3.11. The Kier molecular flexibility index (Phi) is 4.97. The summed E-state index contributed by atoms with van der Waals surface area (Å²) in [7, 11) is 0. The Labute approximate surface area is 67.6 Å². The minimum absolute atomic E-state index is 0.507. The highest BCUT2D eigenvalue weighted by Gasteiger charge is 2.00. The molecule has 0 saturated carbocycles. The van der Waals surface area contributed by atoms with Crippen LogP contribution >= 0.6 is 31.9 Å². The molecule has 0 rings (SSSR count). The fourth-order valence-corrected chi connectivity index (χ4v) is 1.08. The lowest BCUT2D eigenvalue weighted by atomic mass is 10.2. The number of allylic oxidation sites excluding steroid dienone is 2. The number of hydrogen-bond acceptors (Lipinski definition) is 0. The lowest BCUT2D eigenvalue weighted by Gasteiger charge is -2.02. The average Bonchev–Trinajstić information content (AvgIpc) is 1.84. The Morgan fingerprint density at radius 1 is 1.75 bits per heavy atom. The second-order valence-corrected chi connectivity index (χ2v) is 3.41. The molecule has 0 aromatic carbocycles. The van der Waals surface area contributed by atoms with Crippen molar-refractivity contribution in [2.75, 3.05) is 5.33 Å². The summed E-state index contributed by atoms with van der Waals surface area (Å²) >= 11 is 6.86. The van der Waals surface area contributed by atoms with Crippen LogP contribution in [0.2, 0.25) is 0 Å². The van der Waals surface area contributed by atoms with Crippen molar-refractivity contribution in [3.05, 3.63) is 11.6 Å². The van der Waals surface area contributed by atoms with Gasteiger partial charge in [-0.25, -0.2) is 0 Å². The number of hydrogen-bond donors (Lipinski definition) is 0. The topological polar surface area (TPSA) is 0 Å². The van der Waals surface area contributed by atoms with Crippen molar-refractivity contribution in [3.8, 4) is 0 Å². The van der Waals surface area contributed by atoms with Crippen LogP contribution in [0, 0.1) is 0 Å². The second-order valence-electron chi connectivity index (χ2n) is 1.65. The van der Waals surface area contributed by atoms with Gasteiger partial charge in [0.2, 0.25) is 0 Å². The van der Waals surface area contributed by atoms with Crippen molar-refractivity contribution in [2.24, 2.45) is 0 Å². The maximum Gasteiger partial charge on any atom is 0.0448 e. The highest BCUT2D eigenvalue weighted by Crippen LogP contribution is 2.13. The third-order valence-electron chi connectivity index (χ3n) is 1.08. The van der Waals surface area contributed by atoms with Gasteiger partial charge in [0.05, 0.1) is 0 Å². The molecule has 0 aliphatic carbocycles. The van der Waals surface area contributed by atoms with Crippen LogP contribution in [0.3, 0.4) is 0 Å². The fourth-order valence-electron chi connectivity index (χ4n) is 0.303. The van der Waals surface area contributed by atoms with Crippen LogP contribution in [0.4, 0.5) is 0 Å². The summed E-state index contributed by atoms with van der Waals surface area (Å²) in [5.41, 5.74) is 1.38. The first-order valence-corrected chi connectivity index (χ1v) is 4.59. The summed E-state index contributed by atoms with van der Waals surface area (Å²) in [6.07, 6.45) is 2.11. The van der Waals surface area contributed by atoms with Crippen molar-refractivity contribution in [1.29, 1.82) is 0 Å². The van der Waals surface area contributed by atoms with Gasteiger partial charge in [-0.05, 0) is 13.8 Å². The third-order valence-corrected chi connectivity index (χ3v) is 3.65. The number of halogens is 2. The lowest BCUT2D eigenvalue weighted by molar-refractivity contribution is 1.16. The average molecular weight is 242 g/mol. The van der Waals surface area contributed by atoms with Gasteiger partial charge in [-0.3, -0.25) is 0 Å². The molecule has 0 nitrogen and oxygen atoms in total. The van der Waals surface area contributed by atoms with Crippen LogP contribution in [-0.2, 0) is 0 Å². The van der Waals surface area contributed by atoms with Crippen LogP contribution in [0.15, 0.2) is 11.6 Å². The van der Waals surface area contributed by atoms with E-state index < -0.39 is 0 Å². The molecule has 0 bridgehead atoms. The standard InChI is InChI=1S/C6H10Br2/c1-3-5(2)6(8)4-7/h3,6H,4H2,1-2H3/b5-3-. The molecule has 0 aromatic heterocycles. The highest BCUT2D eigenvalue weighted by atomic mass is 79.9. The molecule has 0 aromatic rings. The monoisotopic (exact) mass is 240 g/mol. The molecule has 0 amide bonds. The Morgan fingerprint density at radius 2 is 2.25 bits per heavy atom. The van der Waals surface area contributed by atoms with Crippen molar-refractivity contribution in [3.63, 3.8) is 0 Å². The number of alkyl halides is 2. The van der Waals surface area contributed by atoms with E-state index in [1.165, 1.54) is 5.57 Å². The summed E-state index contributed by atoms with van der Waals surface area (Å²) in [6.45, 7) is 4.16. The highest BCUT2D eigenvalue weighted by molar-refractivity contribution is 9.12. The van der Waals surface area contributed by atoms with E-state index in [1.807, 2.05) is 6.92 Å². The van der Waals surface area contributed by atoms with Crippen LogP contribution in [0.25, 0.3) is 0 Å². The third kappa shape index (κ3) is 2.88. The SMILES string of the molecule is C/C=C(/C)C(Br)CBr. The Morgan fingerprint density at radius 3 is 2.38 bits per heavy atom. The zero-order valence-electron chi connectivity index (χ0n) is 5.12. The van der Waals surface area contributed by atoms with Gasteiger partial charge in [0.25, 0.3) is 0 Å². The smallest absolute Gasteiger partial charge is 0.0448 e. The van der Waals surface area contributed by atoms with E-state index in [4.69, 9.17) is 0 Å². The van der Waals surface area contributed by atoms with Gasteiger partial charge in [-0.2, -0.15) is 0 Å². The summed E-state index contributed by atoms with van der Waals surface area (Å²) < 4.78 is 0. The first-order valence-electron chi connectivity index (χ1n) is 2.55. The van der Waals surface area contributed by atoms with E-state index in [2.05, 4.69) is 44.9 Å². The van der Waals surface area contributed by atoms with Gasteiger partial charge in [0, 0.05) is 10.2 Å². The van der Waals surface area contributed by atoms with Gasteiger partial charge >= 0.3 is 0 Å². The lowest BCUT2D eigenvalue weighted by Crippen LogP contribution is -1.99. The van der Waals surface area contributed by atoms with E-state index in [9.17, 15) is 0 Å². The van der Waals surface area contributed by atoms with Gasteiger partial charge in [-0.1, -0.05) is 43.5 Å². The molecular weight excluding hydrogens is 232 g/mol. The molecule has 1 unspecified atom stereocenters. The van der Waals surface area contributed by atoms with Crippen molar-refractivity contribution >= 4 is 31.9 Å². The summed E-state index contributed by atoms with van der Waals surface area (Å²) in [4.78, 5) is 0.507. The molecule has 48 valence electrons. The fraction of sp³-hybridized carbons (Fsp3) is 0.667. The van der Waals surface area contributed by atoms with Crippen LogP contribution in [0.1, 0.15) is 13.8 Å². The molecule has 0 aliphatic heterocycles. The number of rotatable bonds is 2. The maximum atomic E-state index is 3.49. The van der Waals surface area contributed by atoms with Crippen molar-refractivity contribution in [1.82, 2.24) is 0 Å². The van der Waals surface area contributed by atoms with Crippen molar-refractivity contribution < 1.29 is 0 Å². The minimum atomic E-state index is 0.507. The minimum Gasteiger partial charge on any atom is -0.0912 e. The van der Waals surface area contributed by atoms with Gasteiger partial charge < -0.3 is 0 Å². The molecule has 0 saturated heterocycles. The van der Waals surface area contributed by atoms with E-state index in [-0.39, 0.29) is 0 Å². The largest absolute Gasteiger partial charge is 0.0912 e. The van der Waals surface area contributed by atoms with E-state index in [1.54, 1.807) is 0 Å².